The number of para-hydroxylation sites is 1. The van der Waals surface area contributed by atoms with Crippen LogP contribution in [0, 0.1) is 5.41 Å². The van der Waals surface area contributed by atoms with Crippen LogP contribution in [0.2, 0.25) is 0 Å². The van der Waals surface area contributed by atoms with Crippen LogP contribution in [0.4, 0.5) is 0 Å². The fourth-order valence-electron chi connectivity index (χ4n) is 3.51. The molecule has 0 saturated carbocycles. The third kappa shape index (κ3) is 3.24. The lowest BCUT2D eigenvalue weighted by Gasteiger charge is -2.39. The molecule has 1 aromatic rings. The zero-order valence-corrected chi connectivity index (χ0v) is 13.6. The maximum atomic E-state index is 5.83. The van der Waals surface area contributed by atoms with E-state index in [-0.39, 0.29) is 0 Å². The Kier molecular flexibility index (Phi) is 4.23. The number of hydrogen-bond donors (Lipinski definition) is 1. The zero-order valence-electron chi connectivity index (χ0n) is 13.6. The average molecular weight is 288 g/mol. The molecule has 2 heterocycles. The fraction of sp³-hybridized carbons (Fsp3) is 0.667. The van der Waals surface area contributed by atoms with E-state index in [1.165, 1.54) is 18.5 Å². The predicted molar refractivity (Wildman–Crippen MR) is 86.7 cm³/mol. The van der Waals surface area contributed by atoms with E-state index >= 15 is 0 Å². The molecule has 1 aromatic carbocycles. The highest BCUT2D eigenvalue weighted by molar-refractivity contribution is 5.37. The van der Waals surface area contributed by atoms with Crippen molar-refractivity contribution >= 4 is 0 Å². The number of nitrogens with zero attached hydrogens (tertiary/aromatic N) is 1. The van der Waals surface area contributed by atoms with Crippen molar-refractivity contribution in [1.29, 1.82) is 0 Å². The van der Waals surface area contributed by atoms with Gasteiger partial charge in [0.25, 0.3) is 0 Å². The topological polar surface area (TPSA) is 24.5 Å². The monoisotopic (exact) mass is 288 g/mol. The van der Waals surface area contributed by atoms with E-state index in [4.69, 9.17) is 4.74 Å². The second-order valence-corrected chi connectivity index (χ2v) is 7.41. The molecule has 0 bridgehead atoms. The number of rotatable bonds is 1. The molecule has 116 valence electrons. The molecule has 3 rings (SSSR count). The van der Waals surface area contributed by atoms with Gasteiger partial charge in [-0.05, 0) is 24.4 Å². The smallest absolute Gasteiger partial charge is 0.124 e. The van der Waals surface area contributed by atoms with Crippen molar-refractivity contribution in [3.05, 3.63) is 29.8 Å². The number of fused-ring (bicyclic) bond motifs is 1. The highest BCUT2D eigenvalue weighted by Gasteiger charge is 2.33. The van der Waals surface area contributed by atoms with E-state index in [9.17, 15) is 0 Å². The summed E-state index contributed by atoms with van der Waals surface area (Å²) < 4.78 is 5.83. The van der Waals surface area contributed by atoms with Gasteiger partial charge in [-0.25, -0.2) is 0 Å². The Balaban J connectivity index is 1.83. The summed E-state index contributed by atoms with van der Waals surface area (Å²) in [4.78, 5) is 2.68. The maximum Gasteiger partial charge on any atom is 0.124 e. The first-order chi connectivity index (χ1) is 10.1. The van der Waals surface area contributed by atoms with Crippen molar-refractivity contribution in [2.45, 2.75) is 45.7 Å². The van der Waals surface area contributed by atoms with Crippen LogP contribution in [0.25, 0.3) is 0 Å². The molecule has 2 atom stereocenters. The van der Waals surface area contributed by atoms with Gasteiger partial charge in [0.1, 0.15) is 5.75 Å². The lowest BCUT2D eigenvalue weighted by atomic mass is 9.86. The third-order valence-electron chi connectivity index (χ3n) is 4.84. The van der Waals surface area contributed by atoms with Crippen LogP contribution in [0.15, 0.2) is 24.3 Å². The van der Waals surface area contributed by atoms with Crippen molar-refractivity contribution in [1.82, 2.24) is 10.2 Å². The van der Waals surface area contributed by atoms with E-state index in [1.807, 2.05) is 0 Å². The first-order valence-electron chi connectivity index (χ1n) is 8.25. The third-order valence-corrected chi connectivity index (χ3v) is 4.84. The molecular weight excluding hydrogens is 260 g/mol. The van der Waals surface area contributed by atoms with Crippen LogP contribution < -0.4 is 10.1 Å². The molecule has 0 radical (unpaired) electrons. The molecule has 0 aromatic heterocycles. The molecule has 2 unspecified atom stereocenters. The molecule has 1 N–H and O–H groups in total. The van der Waals surface area contributed by atoms with Crippen LogP contribution in [0.5, 0.6) is 5.75 Å². The van der Waals surface area contributed by atoms with Gasteiger partial charge in [0.2, 0.25) is 0 Å². The average Bonchev–Trinajstić information content (AvgIpc) is 2.72. The highest BCUT2D eigenvalue weighted by Crippen LogP contribution is 2.37. The minimum absolute atomic E-state index is 0.299. The van der Waals surface area contributed by atoms with Crippen LogP contribution in [-0.4, -0.2) is 37.2 Å². The van der Waals surface area contributed by atoms with Gasteiger partial charge in [-0.15, -0.1) is 0 Å². The number of hydrogen-bond acceptors (Lipinski definition) is 3. The largest absolute Gasteiger partial charge is 0.493 e. The lowest BCUT2D eigenvalue weighted by molar-refractivity contribution is 0.118. The van der Waals surface area contributed by atoms with Gasteiger partial charge in [0, 0.05) is 37.2 Å². The molecule has 2 aliphatic rings. The summed E-state index contributed by atoms with van der Waals surface area (Å²) in [6.45, 7) is 11.3. The number of ether oxygens (including phenoxy) is 1. The Morgan fingerprint density at radius 2 is 2.05 bits per heavy atom. The SMILES string of the molecule is CC(C)(C)C1CN(C2CCOc3ccccc32)CCCN1. The summed E-state index contributed by atoms with van der Waals surface area (Å²) in [5.74, 6) is 1.08. The molecule has 2 aliphatic heterocycles. The highest BCUT2D eigenvalue weighted by atomic mass is 16.5. The Hall–Kier alpha value is -1.06. The standard InChI is InChI=1S/C18H28N2O/c1-18(2,3)17-13-20(11-6-10-19-17)15-9-12-21-16-8-5-4-7-14(15)16/h4-5,7-8,15,17,19H,6,9-13H2,1-3H3. The summed E-state index contributed by atoms with van der Waals surface area (Å²) in [6, 6.07) is 9.62. The first-order valence-corrected chi connectivity index (χ1v) is 8.25. The van der Waals surface area contributed by atoms with Crippen molar-refractivity contribution in [3.8, 4) is 5.75 Å². The first kappa shape index (κ1) is 14.9. The second-order valence-electron chi connectivity index (χ2n) is 7.41. The van der Waals surface area contributed by atoms with E-state index in [2.05, 4.69) is 55.3 Å². The summed E-state index contributed by atoms with van der Waals surface area (Å²) in [5.41, 5.74) is 1.67. The van der Waals surface area contributed by atoms with Crippen molar-refractivity contribution in [3.63, 3.8) is 0 Å². The summed E-state index contributed by atoms with van der Waals surface area (Å²) >= 11 is 0. The second kappa shape index (κ2) is 5.98. The van der Waals surface area contributed by atoms with Crippen LogP contribution in [0.1, 0.15) is 45.2 Å². The fourth-order valence-corrected chi connectivity index (χ4v) is 3.51. The van der Waals surface area contributed by atoms with Crippen molar-refractivity contribution < 1.29 is 4.74 Å². The predicted octanol–water partition coefficient (Wildman–Crippen LogP) is 3.22. The molecule has 21 heavy (non-hydrogen) atoms. The maximum absolute atomic E-state index is 5.83. The lowest BCUT2D eigenvalue weighted by Crippen LogP contribution is -2.47. The van der Waals surface area contributed by atoms with Gasteiger partial charge in [0.15, 0.2) is 0 Å². The Morgan fingerprint density at radius 1 is 1.24 bits per heavy atom. The van der Waals surface area contributed by atoms with E-state index in [0.29, 0.717) is 17.5 Å². The minimum Gasteiger partial charge on any atom is -0.493 e. The quantitative estimate of drug-likeness (QED) is 0.858. The van der Waals surface area contributed by atoms with Gasteiger partial charge in [-0.2, -0.15) is 0 Å². The Morgan fingerprint density at radius 3 is 2.86 bits per heavy atom. The molecule has 0 aliphatic carbocycles. The molecule has 0 spiro atoms. The molecular formula is C18H28N2O. The van der Waals surface area contributed by atoms with Gasteiger partial charge in [0.05, 0.1) is 6.61 Å². The van der Waals surface area contributed by atoms with E-state index in [0.717, 1.165) is 31.9 Å². The van der Waals surface area contributed by atoms with Crippen LogP contribution >= 0.6 is 0 Å². The summed E-state index contributed by atoms with van der Waals surface area (Å²) in [7, 11) is 0. The normalized spacial score (nSPS) is 27.6. The Labute approximate surface area is 128 Å². The molecule has 0 amide bonds. The Bertz CT molecular complexity index is 480. The molecule has 1 fully saturated rings. The molecule has 3 heteroatoms. The summed E-state index contributed by atoms with van der Waals surface area (Å²) in [5, 5.41) is 3.74. The van der Waals surface area contributed by atoms with Gasteiger partial charge < -0.3 is 10.1 Å². The van der Waals surface area contributed by atoms with E-state index in [1.54, 1.807) is 0 Å². The van der Waals surface area contributed by atoms with Crippen LogP contribution in [0.3, 0.4) is 0 Å². The van der Waals surface area contributed by atoms with Gasteiger partial charge >= 0.3 is 0 Å². The summed E-state index contributed by atoms with van der Waals surface area (Å²) in [6.07, 6.45) is 2.33. The van der Waals surface area contributed by atoms with Crippen LogP contribution in [-0.2, 0) is 0 Å². The van der Waals surface area contributed by atoms with Gasteiger partial charge in [-0.1, -0.05) is 39.0 Å². The van der Waals surface area contributed by atoms with Gasteiger partial charge in [-0.3, -0.25) is 4.90 Å². The molecule has 3 nitrogen and oxygen atoms in total. The van der Waals surface area contributed by atoms with Crippen molar-refractivity contribution in [2.75, 3.05) is 26.2 Å². The van der Waals surface area contributed by atoms with Crippen molar-refractivity contribution in [2.24, 2.45) is 5.41 Å². The minimum atomic E-state index is 0.299. The number of benzene rings is 1. The van der Waals surface area contributed by atoms with E-state index < -0.39 is 0 Å². The molecule has 1 saturated heterocycles. The number of nitrogens with one attached hydrogen (secondary N) is 1. The zero-order chi connectivity index (χ0) is 14.9.